The van der Waals surface area contributed by atoms with E-state index >= 15 is 0 Å². The number of β-lactam (4-membered cyclic amide) rings is 1. The van der Waals surface area contributed by atoms with Crippen molar-refractivity contribution in [2.45, 2.75) is 32.7 Å². The molecule has 1 N–H and O–H groups in total. The van der Waals surface area contributed by atoms with Gasteiger partial charge in [-0.05, 0) is 32.3 Å². The molecule has 1 aromatic carbocycles. The first-order valence-electron chi connectivity index (χ1n) is 5.45. The fraction of sp³-hybridized carbons (Fsp3) is 0.462. The van der Waals surface area contributed by atoms with Crippen LogP contribution in [-0.4, -0.2) is 11.9 Å². The molecule has 0 spiro atoms. The van der Waals surface area contributed by atoms with Crippen molar-refractivity contribution in [3.8, 4) is 0 Å². The molecule has 0 aromatic heterocycles. The number of rotatable bonds is 3. The van der Waals surface area contributed by atoms with E-state index in [2.05, 4.69) is 29.6 Å². The monoisotopic (exact) mass is 203 g/mol. The van der Waals surface area contributed by atoms with Gasteiger partial charge in [-0.25, -0.2) is 0 Å². The number of amides is 1. The van der Waals surface area contributed by atoms with Crippen LogP contribution in [0, 0.1) is 5.41 Å². The van der Waals surface area contributed by atoms with E-state index in [1.165, 1.54) is 5.56 Å². The molecule has 0 saturated carbocycles. The second-order valence-electron chi connectivity index (χ2n) is 4.77. The van der Waals surface area contributed by atoms with Crippen LogP contribution in [0.4, 0.5) is 0 Å². The minimum absolute atomic E-state index is 0.172. The topological polar surface area (TPSA) is 29.1 Å². The first-order chi connectivity index (χ1) is 7.10. The van der Waals surface area contributed by atoms with Crippen LogP contribution < -0.4 is 5.32 Å². The van der Waals surface area contributed by atoms with Gasteiger partial charge in [0.1, 0.15) is 0 Å². The van der Waals surface area contributed by atoms with Gasteiger partial charge in [0, 0.05) is 6.04 Å². The third-order valence-electron chi connectivity index (χ3n) is 3.33. The Morgan fingerprint density at radius 1 is 1.27 bits per heavy atom. The van der Waals surface area contributed by atoms with E-state index in [0.29, 0.717) is 6.04 Å². The van der Waals surface area contributed by atoms with Gasteiger partial charge in [0.15, 0.2) is 0 Å². The smallest absolute Gasteiger partial charge is 0.227 e. The third-order valence-corrected chi connectivity index (χ3v) is 3.33. The molecule has 1 aliphatic heterocycles. The van der Waals surface area contributed by atoms with E-state index in [4.69, 9.17) is 0 Å². The molecule has 0 unspecified atom stereocenters. The summed E-state index contributed by atoms with van der Waals surface area (Å²) < 4.78 is 0. The highest BCUT2D eigenvalue weighted by Crippen LogP contribution is 2.32. The van der Waals surface area contributed by atoms with Crippen molar-refractivity contribution in [2.24, 2.45) is 5.41 Å². The van der Waals surface area contributed by atoms with E-state index in [1.807, 2.05) is 19.9 Å². The van der Waals surface area contributed by atoms with Gasteiger partial charge in [-0.2, -0.15) is 0 Å². The fourth-order valence-corrected chi connectivity index (χ4v) is 1.99. The van der Waals surface area contributed by atoms with Crippen molar-refractivity contribution >= 4 is 5.91 Å². The lowest BCUT2D eigenvalue weighted by Gasteiger charge is -2.44. The number of nitrogens with one attached hydrogen (secondary N) is 1. The maximum Gasteiger partial charge on any atom is 0.227 e. The Morgan fingerprint density at radius 3 is 2.47 bits per heavy atom. The maximum atomic E-state index is 11.3. The summed E-state index contributed by atoms with van der Waals surface area (Å²) in [5.74, 6) is 0.181. The van der Waals surface area contributed by atoms with Gasteiger partial charge in [-0.3, -0.25) is 4.79 Å². The minimum atomic E-state index is -0.172. The molecule has 1 aliphatic rings. The van der Waals surface area contributed by atoms with Crippen LogP contribution in [0.25, 0.3) is 0 Å². The van der Waals surface area contributed by atoms with Crippen LogP contribution in [0.2, 0.25) is 0 Å². The number of hydrogen-bond donors (Lipinski definition) is 1. The van der Waals surface area contributed by atoms with Crippen molar-refractivity contribution in [2.75, 3.05) is 0 Å². The quantitative estimate of drug-likeness (QED) is 0.749. The summed E-state index contributed by atoms with van der Waals surface area (Å²) in [5, 5.41) is 2.96. The molecule has 2 nitrogen and oxygen atoms in total. The van der Waals surface area contributed by atoms with Crippen molar-refractivity contribution in [3.05, 3.63) is 35.9 Å². The molecule has 1 saturated heterocycles. The Labute approximate surface area is 90.7 Å². The van der Waals surface area contributed by atoms with Gasteiger partial charge in [0.05, 0.1) is 5.41 Å². The molecule has 15 heavy (non-hydrogen) atoms. The molecule has 1 amide bonds. The first-order valence-corrected chi connectivity index (χ1v) is 5.45. The molecule has 0 bridgehead atoms. The Morgan fingerprint density at radius 2 is 1.93 bits per heavy atom. The lowest BCUT2D eigenvalue weighted by Crippen LogP contribution is -2.64. The van der Waals surface area contributed by atoms with Gasteiger partial charge in [0.25, 0.3) is 0 Å². The Hall–Kier alpha value is -1.31. The SMILES string of the molecule is CC1(C)C(=O)N[C@H]1CCc1ccccc1. The summed E-state index contributed by atoms with van der Waals surface area (Å²) in [4.78, 5) is 11.3. The number of aryl methyl sites for hydroxylation is 1. The van der Waals surface area contributed by atoms with E-state index in [0.717, 1.165) is 12.8 Å². The number of carbonyl (C=O) groups is 1. The summed E-state index contributed by atoms with van der Waals surface area (Å²) in [5.41, 5.74) is 1.17. The van der Waals surface area contributed by atoms with Crippen molar-refractivity contribution in [1.82, 2.24) is 5.32 Å². The predicted molar refractivity (Wildman–Crippen MR) is 60.5 cm³/mol. The zero-order chi connectivity index (χ0) is 10.9. The summed E-state index contributed by atoms with van der Waals surface area (Å²) in [6.45, 7) is 4.03. The van der Waals surface area contributed by atoms with E-state index in [1.54, 1.807) is 0 Å². The molecular formula is C13H17NO. The average molecular weight is 203 g/mol. The van der Waals surface area contributed by atoms with Gasteiger partial charge < -0.3 is 5.32 Å². The van der Waals surface area contributed by atoms with Crippen LogP contribution in [0.1, 0.15) is 25.8 Å². The highest BCUT2D eigenvalue weighted by molar-refractivity contribution is 5.89. The zero-order valence-electron chi connectivity index (χ0n) is 9.29. The van der Waals surface area contributed by atoms with Gasteiger partial charge >= 0.3 is 0 Å². The lowest BCUT2D eigenvalue weighted by molar-refractivity contribution is -0.143. The average Bonchev–Trinajstić information content (AvgIpc) is 2.25. The Bertz CT molecular complexity index is 356. The minimum Gasteiger partial charge on any atom is -0.352 e. The van der Waals surface area contributed by atoms with Gasteiger partial charge in [-0.15, -0.1) is 0 Å². The molecule has 0 aliphatic carbocycles. The molecule has 1 fully saturated rings. The van der Waals surface area contributed by atoms with Crippen LogP contribution in [-0.2, 0) is 11.2 Å². The normalized spacial score (nSPS) is 23.1. The highest BCUT2D eigenvalue weighted by atomic mass is 16.2. The standard InChI is InChI=1S/C13H17NO/c1-13(2)11(14-12(13)15)9-8-10-6-4-3-5-7-10/h3-7,11H,8-9H2,1-2H3,(H,14,15)/t11-/m0/s1. The molecule has 0 radical (unpaired) electrons. The molecular weight excluding hydrogens is 186 g/mol. The molecule has 1 atom stereocenters. The third kappa shape index (κ3) is 1.89. The second kappa shape index (κ2) is 3.69. The molecule has 80 valence electrons. The molecule has 1 heterocycles. The van der Waals surface area contributed by atoms with Crippen molar-refractivity contribution in [3.63, 3.8) is 0 Å². The van der Waals surface area contributed by atoms with Crippen molar-refractivity contribution in [1.29, 1.82) is 0 Å². The van der Waals surface area contributed by atoms with Crippen LogP contribution in [0.5, 0.6) is 0 Å². The van der Waals surface area contributed by atoms with Crippen LogP contribution >= 0.6 is 0 Å². The van der Waals surface area contributed by atoms with Crippen LogP contribution in [0.15, 0.2) is 30.3 Å². The highest BCUT2D eigenvalue weighted by Gasteiger charge is 2.46. The Balaban J connectivity index is 1.88. The summed E-state index contributed by atoms with van der Waals surface area (Å²) >= 11 is 0. The zero-order valence-corrected chi connectivity index (χ0v) is 9.29. The fourth-order valence-electron chi connectivity index (χ4n) is 1.99. The van der Waals surface area contributed by atoms with Crippen LogP contribution in [0.3, 0.4) is 0 Å². The number of carbonyl (C=O) groups excluding carboxylic acids is 1. The predicted octanol–water partition coefficient (Wildman–Crippen LogP) is 2.14. The summed E-state index contributed by atoms with van der Waals surface area (Å²) in [6.07, 6.45) is 2.07. The van der Waals surface area contributed by atoms with Gasteiger partial charge in [-0.1, -0.05) is 30.3 Å². The van der Waals surface area contributed by atoms with E-state index in [-0.39, 0.29) is 11.3 Å². The van der Waals surface area contributed by atoms with Crippen molar-refractivity contribution < 1.29 is 4.79 Å². The summed E-state index contributed by atoms with van der Waals surface area (Å²) in [6, 6.07) is 10.7. The largest absolute Gasteiger partial charge is 0.352 e. The van der Waals surface area contributed by atoms with E-state index in [9.17, 15) is 4.79 Å². The Kier molecular flexibility index (Phi) is 2.51. The van der Waals surface area contributed by atoms with Gasteiger partial charge in [0.2, 0.25) is 5.91 Å². The lowest BCUT2D eigenvalue weighted by atomic mass is 9.74. The second-order valence-corrected chi connectivity index (χ2v) is 4.77. The number of hydrogen-bond acceptors (Lipinski definition) is 1. The molecule has 2 rings (SSSR count). The first kappa shape index (κ1) is 10.2. The van der Waals surface area contributed by atoms with E-state index < -0.39 is 0 Å². The summed E-state index contributed by atoms with van der Waals surface area (Å²) in [7, 11) is 0. The molecule has 2 heteroatoms. The molecule has 1 aromatic rings. The maximum absolute atomic E-state index is 11.3. The number of benzene rings is 1.